The lowest BCUT2D eigenvalue weighted by Gasteiger charge is -2.11. The summed E-state index contributed by atoms with van der Waals surface area (Å²) in [4.78, 5) is 5.13. The first kappa shape index (κ1) is 22.3. The van der Waals surface area contributed by atoms with Gasteiger partial charge in [0.1, 0.15) is 0 Å². The first-order valence-electron chi connectivity index (χ1n) is 13.5. The van der Waals surface area contributed by atoms with E-state index < -0.39 is 0 Å². The lowest BCUT2D eigenvalue weighted by Crippen LogP contribution is -1.89. The van der Waals surface area contributed by atoms with Crippen LogP contribution in [0.15, 0.2) is 127 Å². The fourth-order valence-electron chi connectivity index (χ4n) is 6.17. The number of para-hydroxylation sites is 1. The molecule has 3 heteroatoms. The lowest BCUT2D eigenvalue weighted by atomic mass is 9.97. The van der Waals surface area contributed by atoms with Gasteiger partial charge in [0, 0.05) is 62.1 Å². The molecule has 0 fully saturated rings. The van der Waals surface area contributed by atoms with Crippen LogP contribution < -0.4 is 0 Å². The van der Waals surface area contributed by atoms with Gasteiger partial charge in [-0.05, 0) is 41.5 Å². The van der Waals surface area contributed by atoms with Crippen LogP contribution in [0, 0.1) is 0 Å². The summed E-state index contributed by atoms with van der Waals surface area (Å²) < 4.78 is 5.33. The van der Waals surface area contributed by atoms with Crippen molar-refractivity contribution in [1.29, 1.82) is 0 Å². The monoisotopic (exact) mass is 543 g/mol. The van der Waals surface area contributed by atoms with Crippen LogP contribution in [0.3, 0.4) is 0 Å². The van der Waals surface area contributed by atoms with Gasteiger partial charge in [0.25, 0.3) is 0 Å². The minimum atomic E-state index is 1.04. The number of hydrogen-bond acceptors (Lipinski definition) is 3. The minimum Gasteiger partial charge on any atom is -0.247 e. The van der Waals surface area contributed by atoms with Crippen LogP contribution >= 0.6 is 22.7 Å². The highest BCUT2D eigenvalue weighted by Gasteiger charge is 2.16. The summed E-state index contributed by atoms with van der Waals surface area (Å²) in [6.07, 6.45) is 0. The minimum absolute atomic E-state index is 1.04. The van der Waals surface area contributed by atoms with Crippen molar-refractivity contribution in [2.75, 3.05) is 0 Å². The Bertz CT molecular complexity index is 2430. The maximum Gasteiger partial charge on any atom is 0.0788 e. The first-order valence-corrected chi connectivity index (χ1v) is 15.1. The van der Waals surface area contributed by atoms with Crippen molar-refractivity contribution in [2.45, 2.75) is 0 Å². The van der Waals surface area contributed by atoms with Gasteiger partial charge in [0.05, 0.1) is 11.2 Å². The molecule has 0 saturated heterocycles. The molecule has 3 heterocycles. The van der Waals surface area contributed by atoms with Crippen LogP contribution in [-0.2, 0) is 0 Å². The van der Waals surface area contributed by atoms with Crippen molar-refractivity contribution < 1.29 is 0 Å². The standard InChI is InChI=1S/C37H21NS2/c1-2-8-22(9-3-1)36-29-18-17-27-30-20-23(24-14-16-26-25-10-5-7-13-32(25)39-34(26)21-24)15-19-33(30)40-37(27)35(29)28-11-4-6-12-31(28)38-36/h1-21H. The average molecular weight is 544 g/mol. The zero-order valence-corrected chi connectivity index (χ0v) is 23.0. The molecule has 0 N–H and O–H groups in total. The van der Waals surface area contributed by atoms with Gasteiger partial charge in [-0.1, -0.05) is 97.1 Å². The summed E-state index contributed by atoms with van der Waals surface area (Å²) in [5.74, 6) is 0. The van der Waals surface area contributed by atoms with Gasteiger partial charge in [0.15, 0.2) is 0 Å². The van der Waals surface area contributed by atoms with E-state index in [0.717, 1.165) is 16.8 Å². The molecule has 1 nitrogen and oxygen atoms in total. The molecule has 186 valence electrons. The largest absolute Gasteiger partial charge is 0.247 e. The van der Waals surface area contributed by atoms with Gasteiger partial charge in [-0.15, -0.1) is 22.7 Å². The molecule has 0 spiro atoms. The summed E-state index contributed by atoms with van der Waals surface area (Å²) in [5.41, 5.74) is 5.76. The van der Waals surface area contributed by atoms with E-state index in [-0.39, 0.29) is 0 Å². The third-order valence-corrected chi connectivity index (χ3v) is 10.4. The van der Waals surface area contributed by atoms with Gasteiger partial charge in [-0.2, -0.15) is 0 Å². The van der Waals surface area contributed by atoms with Crippen molar-refractivity contribution in [2.24, 2.45) is 0 Å². The Morgan fingerprint density at radius 1 is 0.400 bits per heavy atom. The Labute approximate surface area is 238 Å². The van der Waals surface area contributed by atoms with E-state index in [9.17, 15) is 0 Å². The summed E-state index contributed by atoms with van der Waals surface area (Å²) in [5, 5.41) is 9.04. The number of nitrogens with zero attached hydrogens (tertiary/aromatic N) is 1. The molecule has 6 aromatic carbocycles. The molecular formula is C37H21NS2. The molecule has 0 atom stereocenters. The van der Waals surface area contributed by atoms with E-state index in [2.05, 4.69) is 127 Å². The number of hydrogen-bond donors (Lipinski definition) is 0. The van der Waals surface area contributed by atoms with Crippen LogP contribution in [0.25, 0.3) is 84.4 Å². The number of pyridine rings is 1. The van der Waals surface area contributed by atoms with Crippen LogP contribution in [0.2, 0.25) is 0 Å². The normalized spacial score (nSPS) is 12.0. The topological polar surface area (TPSA) is 12.9 Å². The molecular weight excluding hydrogens is 523 g/mol. The number of benzene rings is 6. The number of rotatable bonds is 2. The Kier molecular flexibility index (Phi) is 4.71. The Morgan fingerprint density at radius 3 is 2.00 bits per heavy atom. The smallest absolute Gasteiger partial charge is 0.0788 e. The van der Waals surface area contributed by atoms with Crippen LogP contribution in [0.1, 0.15) is 0 Å². The van der Waals surface area contributed by atoms with Crippen molar-refractivity contribution in [3.63, 3.8) is 0 Å². The van der Waals surface area contributed by atoms with Gasteiger partial charge in [-0.25, -0.2) is 4.98 Å². The molecule has 0 aliphatic rings. The third-order valence-electron chi connectivity index (χ3n) is 8.06. The summed E-state index contributed by atoms with van der Waals surface area (Å²) >= 11 is 3.77. The second kappa shape index (κ2) is 8.46. The highest BCUT2D eigenvalue weighted by atomic mass is 32.1. The van der Waals surface area contributed by atoms with Gasteiger partial charge in [0.2, 0.25) is 0 Å². The van der Waals surface area contributed by atoms with Gasteiger partial charge >= 0.3 is 0 Å². The highest BCUT2D eigenvalue weighted by Crippen LogP contribution is 2.44. The van der Waals surface area contributed by atoms with Crippen LogP contribution in [-0.4, -0.2) is 4.98 Å². The quantitative estimate of drug-likeness (QED) is 0.198. The molecule has 9 rings (SSSR count). The van der Waals surface area contributed by atoms with E-state index in [1.165, 1.54) is 67.6 Å². The number of thiophene rings is 2. The molecule has 0 aliphatic heterocycles. The predicted molar refractivity (Wildman–Crippen MR) is 176 cm³/mol. The molecule has 40 heavy (non-hydrogen) atoms. The van der Waals surface area contributed by atoms with E-state index in [0.29, 0.717) is 0 Å². The fraction of sp³-hybridized carbons (Fsp3) is 0. The number of fused-ring (bicyclic) bond motifs is 10. The molecule has 0 unspecified atom stereocenters. The lowest BCUT2D eigenvalue weighted by molar-refractivity contribution is 1.43. The maximum absolute atomic E-state index is 5.13. The Balaban J connectivity index is 1.30. The maximum atomic E-state index is 5.13. The van der Waals surface area contributed by atoms with E-state index in [4.69, 9.17) is 4.98 Å². The highest BCUT2D eigenvalue weighted by molar-refractivity contribution is 7.27. The molecule has 3 aromatic heterocycles. The first-order chi connectivity index (χ1) is 19.8. The number of aromatic nitrogens is 1. The zero-order valence-electron chi connectivity index (χ0n) is 21.4. The van der Waals surface area contributed by atoms with Crippen molar-refractivity contribution in [3.05, 3.63) is 127 Å². The zero-order chi connectivity index (χ0) is 26.2. The van der Waals surface area contributed by atoms with Crippen LogP contribution in [0.5, 0.6) is 0 Å². The molecule has 0 saturated carbocycles. The molecule has 0 aliphatic carbocycles. The third kappa shape index (κ3) is 3.22. The second-order valence-corrected chi connectivity index (χ2v) is 12.5. The summed E-state index contributed by atoms with van der Waals surface area (Å²) in [7, 11) is 0. The molecule has 9 aromatic rings. The van der Waals surface area contributed by atoms with E-state index in [1.54, 1.807) is 0 Å². The van der Waals surface area contributed by atoms with Crippen molar-refractivity contribution in [1.82, 2.24) is 4.98 Å². The van der Waals surface area contributed by atoms with E-state index in [1.807, 2.05) is 22.7 Å². The second-order valence-electron chi connectivity index (χ2n) is 10.3. The van der Waals surface area contributed by atoms with Gasteiger partial charge < -0.3 is 0 Å². The van der Waals surface area contributed by atoms with E-state index >= 15 is 0 Å². The molecule has 0 bridgehead atoms. The SMILES string of the molecule is c1ccc(-c2nc3ccccc3c3c2ccc2c4cc(-c5ccc6c(c5)sc5ccccc56)ccc4sc23)cc1. The fourth-order valence-corrected chi connectivity index (χ4v) is 8.56. The summed E-state index contributed by atoms with van der Waals surface area (Å²) in [6, 6.07) is 46.3. The van der Waals surface area contributed by atoms with Crippen LogP contribution in [0.4, 0.5) is 0 Å². The van der Waals surface area contributed by atoms with Crippen molar-refractivity contribution >= 4 is 84.7 Å². The Morgan fingerprint density at radius 2 is 1.07 bits per heavy atom. The molecule has 0 radical (unpaired) electrons. The molecule has 0 amide bonds. The Hall–Kier alpha value is -4.57. The van der Waals surface area contributed by atoms with Gasteiger partial charge in [-0.3, -0.25) is 0 Å². The summed E-state index contributed by atoms with van der Waals surface area (Å²) in [6.45, 7) is 0. The van der Waals surface area contributed by atoms with Crippen molar-refractivity contribution in [3.8, 4) is 22.4 Å². The predicted octanol–water partition coefficient (Wildman–Crippen LogP) is 11.5. The average Bonchev–Trinajstić information content (AvgIpc) is 3.58.